The number of hydrogen-bond acceptors (Lipinski definition) is 2. The van der Waals surface area contributed by atoms with E-state index >= 15 is 0 Å². The molecule has 0 saturated heterocycles. The van der Waals surface area contributed by atoms with Crippen LogP contribution in [-0.2, 0) is 6.54 Å². The molecule has 94 valence electrons. The Bertz CT molecular complexity index is 516. The molecule has 0 aliphatic carbocycles. The standard InChI is InChI=1S/C14H14BrFN2/c1-10(13-7-12(15)4-5-14(13)16)18-9-11-3-2-6-17-8-11/h2-8,10,18H,9H2,1H3/t10-/m0/s1. The Kier molecular flexibility index (Phi) is 4.44. The Morgan fingerprint density at radius 1 is 1.39 bits per heavy atom. The van der Waals surface area contributed by atoms with Gasteiger partial charge in [-0.3, -0.25) is 4.98 Å². The van der Waals surface area contributed by atoms with Crippen LogP contribution in [0.4, 0.5) is 4.39 Å². The first-order valence-corrected chi connectivity index (χ1v) is 6.53. The summed E-state index contributed by atoms with van der Waals surface area (Å²) >= 11 is 3.36. The lowest BCUT2D eigenvalue weighted by molar-refractivity contribution is 0.527. The highest BCUT2D eigenvalue weighted by molar-refractivity contribution is 9.10. The molecule has 0 spiro atoms. The minimum Gasteiger partial charge on any atom is -0.306 e. The zero-order valence-electron chi connectivity index (χ0n) is 10.0. The summed E-state index contributed by atoms with van der Waals surface area (Å²) in [6, 6.07) is 8.80. The maximum absolute atomic E-state index is 13.7. The third-order valence-corrected chi connectivity index (χ3v) is 3.25. The average molecular weight is 309 g/mol. The Hall–Kier alpha value is -1.26. The fourth-order valence-corrected chi connectivity index (χ4v) is 2.11. The van der Waals surface area contributed by atoms with Gasteiger partial charge >= 0.3 is 0 Å². The van der Waals surface area contributed by atoms with Crippen LogP contribution in [0, 0.1) is 5.82 Å². The summed E-state index contributed by atoms with van der Waals surface area (Å²) in [5.74, 6) is -0.190. The minimum absolute atomic E-state index is 0.0530. The second-order valence-corrected chi connectivity index (χ2v) is 5.05. The number of nitrogens with zero attached hydrogens (tertiary/aromatic N) is 1. The van der Waals surface area contributed by atoms with Gasteiger partial charge in [-0.25, -0.2) is 4.39 Å². The molecule has 0 bridgehead atoms. The zero-order valence-corrected chi connectivity index (χ0v) is 11.6. The number of benzene rings is 1. The molecule has 4 heteroatoms. The van der Waals surface area contributed by atoms with Crippen molar-refractivity contribution in [3.63, 3.8) is 0 Å². The smallest absolute Gasteiger partial charge is 0.128 e. The van der Waals surface area contributed by atoms with E-state index in [1.807, 2.05) is 19.1 Å². The van der Waals surface area contributed by atoms with E-state index in [0.717, 1.165) is 10.0 Å². The predicted molar refractivity (Wildman–Crippen MR) is 73.6 cm³/mol. The van der Waals surface area contributed by atoms with Crippen LogP contribution in [0.25, 0.3) is 0 Å². The first kappa shape index (κ1) is 13.2. The summed E-state index contributed by atoms with van der Waals surface area (Å²) in [5, 5.41) is 3.28. The molecule has 2 aromatic rings. The summed E-state index contributed by atoms with van der Waals surface area (Å²) in [5.41, 5.74) is 1.74. The van der Waals surface area contributed by atoms with Gasteiger partial charge < -0.3 is 5.32 Å². The van der Waals surface area contributed by atoms with Crippen LogP contribution < -0.4 is 5.32 Å². The number of halogens is 2. The van der Waals surface area contributed by atoms with Gasteiger partial charge in [0.2, 0.25) is 0 Å². The summed E-state index contributed by atoms with van der Waals surface area (Å²) in [4.78, 5) is 4.05. The molecule has 1 heterocycles. The lowest BCUT2D eigenvalue weighted by Crippen LogP contribution is -2.19. The molecular weight excluding hydrogens is 295 g/mol. The van der Waals surface area contributed by atoms with Crippen molar-refractivity contribution in [3.05, 3.63) is 64.1 Å². The molecule has 0 unspecified atom stereocenters. The second kappa shape index (κ2) is 6.07. The van der Waals surface area contributed by atoms with E-state index in [-0.39, 0.29) is 11.9 Å². The van der Waals surface area contributed by atoms with Crippen molar-refractivity contribution in [1.29, 1.82) is 0 Å². The molecule has 1 atom stereocenters. The van der Waals surface area contributed by atoms with Crippen molar-refractivity contribution in [2.45, 2.75) is 19.5 Å². The van der Waals surface area contributed by atoms with Gasteiger partial charge in [0.05, 0.1) is 0 Å². The largest absolute Gasteiger partial charge is 0.306 e. The molecule has 0 fully saturated rings. The number of aromatic nitrogens is 1. The van der Waals surface area contributed by atoms with Crippen LogP contribution in [-0.4, -0.2) is 4.98 Å². The monoisotopic (exact) mass is 308 g/mol. The topological polar surface area (TPSA) is 24.9 Å². The lowest BCUT2D eigenvalue weighted by Gasteiger charge is -2.15. The van der Waals surface area contributed by atoms with E-state index in [1.165, 1.54) is 6.07 Å². The molecule has 1 aromatic heterocycles. The second-order valence-electron chi connectivity index (χ2n) is 4.13. The molecule has 18 heavy (non-hydrogen) atoms. The maximum atomic E-state index is 13.7. The molecule has 0 aliphatic heterocycles. The van der Waals surface area contributed by atoms with Crippen molar-refractivity contribution in [2.75, 3.05) is 0 Å². The van der Waals surface area contributed by atoms with Crippen molar-refractivity contribution < 1.29 is 4.39 Å². The number of hydrogen-bond donors (Lipinski definition) is 1. The molecule has 0 aliphatic rings. The van der Waals surface area contributed by atoms with Crippen LogP contribution in [0.2, 0.25) is 0 Å². The molecule has 1 aromatic carbocycles. The quantitative estimate of drug-likeness (QED) is 0.928. The molecule has 0 radical (unpaired) electrons. The van der Waals surface area contributed by atoms with E-state index in [9.17, 15) is 4.39 Å². The van der Waals surface area contributed by atoms with Crippen molar-refractivity contribution in [1.82, 2.24) is 10.3 Å². The number of nitrogens with one attached hydrogen (secondary N) is 1. The predicted octanol–water partition coefficient (Wildman–Crippen LogP) is 3.83. The van der Waals surface area contributed by atoms with Gasteiger partial charge in [-0.1, -0.05) is 22.0 Å². The van der Waals surface area contributed by atoms with Crippen LogP contribution in [0.5, 0.6) is 0 Å². The van der Waals surface area contributed by atoms with Gasteiger partial charge in [0.15, 0.2) is 0 Å². The highest BCUT2D eigenvalue weighted by Crippen LogP contribution is 2.21. The van der Waals surface area contributed by atoms with Gasteiger partial charge in [-0.05, 0) is 36.8 Å². The molecule has 0 amide bonds. The molecular formula is C14H14BrFN2. The zero-order chi connectivity index (χ0) is 13.0. The molecule has 2 nitrogen and oxygen atoms in total. The van der Waals surface area contributed by atoms with Crippen molar-refractivity contribution >= 4 is 15.9 Å². The van der Waals surface area contributed by atoms with Gasteiger partial charge in [0, 0.05) is 35.0 Å². The highest BCUT2D eigenvalue weighted by Gasteiger charge is 2.10. The first-order chi connectivity index (χ1) is 8.66. The van der Waals surface area contributed by atoms with E-state index in [4.69, 9.17) is 0 Å². The Morgan fingerprint density at radius 2 is 2.22 bits per heavy atom. The number of rotatable bonds is 4. The first-order valence-electron chi connectivity index (χ1n) is 5.74. The molecule has 2 rings (SSSR count). The Labute approximate surface area is 114 Å². The molecule has 1 N–H and O–H groups in total. The van der Waals surface area contributed by atoms with Crippen LogP contribution in [0.1, 0.15) is 24.1 Å². The van der Waals surface area contributed by atoms with Gasteiger partial charge in [-0.15, -0.1) is 0 Å². The van der Waals surface area contributed by atoms with E-state index in [1.54, 1.807) is 24.5 Å². The third-order valence-electron chi connectivity index (χ3n) is 2.76. The van der Waals surface area contributed by atoms with Crippen LogP contribution in [0.15, 0.2) is 47.2 Å². The SMILES string of the molecule is C[C@H](NCc1cccnc1)c1cc(Br)ccc1F. The van der Waals surface area contributed by atoms with E-state index in [0.29, 0.717) is 12.1 Å². The fraction of sp³-hybridized carbons (Fsp3) is 0.214. The van der Waals surface area contributed by atoms with Gasteiger partial charge in [0.25, 0.3) is 0 Å². The normalized spacial score (nSPS) is 12.4. The van der Waals surface area contributed by atoms with E-state index in [2.05, 4.69) is 26.2 Å². The Balaban J connectivity index is 2.03. The number of pyridine rings is 1. The Morgan fingerprint density at radius 3 is 2.94 bits per heavy atom. The third kappa shape index (κ3) is 3.37. The summed E-state index contributed by atoms with van der Waals surface area (Å²) in [6.07, 6.45) is 3.54. The maximum Gasteiger partial charge on any atom is 0.128 e. The summed E-state index contributed by atoms with van der Waals surface area (Å²) in [6.45, 7) is 2.61. The lowest BCUT2D eigenvalue weighted by atomic mass is 10.1. The molecule has 0 saturated carbocycles. The fourth-order valence-electron chi connectivity index (χ4n) is 1.73. The van der Waals surface area contributed by atoms with Crippen LogP contribution in [0.3, 0.4) is 0 Å². The average Bonchev–Trinajstić information content (AvgIpc) is 2.40. The van der Waals surface area contributed by atoms with E-state index < -0.39 is 0 Å². The summed E-state index contributed by atoms with van der Waals surface area (Å²) in [7, 11) is 0. The minimum atomic E-state index is -0.190. The van der Waals surface area contributed by atoms with Crippen molar-refractivity contribution in [2.24, 2.45) is 0 Å². The van der Waals surface area contributed by atoms with Crippen LogP contribution >= 0.6 is 15.9 Å². The van der Waals surface area contributed by atoms with Gasteiger partial charge in [-0.2, -0.15) is 0 Å². The van der Waals surface area contributed by atoms with Gasteiger partial charge in [0.1, 0.15) is 5.82 Å². The van der Waals surface area contributed by atoms with Crippen molar-refractivity contribution in [3.8, 4) is 0 Å². The summed E-state index contributed by atoms with van der Waals surface area (Å²) < 4.78 is 14.6. The highest BCUT2D eigenvalue weighted by atomic mass is 79.9.